The molecule has 3 fully saturated rings. The summed E-state index contributed by atoms with van der Waals surface area (Å²) in [6, 6.07) is 9.10. The zero-order chi connectivity index (χ0) is 32.2. The SMILES string of the molecule is CCCC1C(C(=O)N2CCC(O)(c3ccccc3OCCCC3(C)CCC3)CC2)CCCN1C(=O)c1ncccc1C(F)(F)F. The van der Waals surface area contributed by atoms with Crippen molar-refractivity contribution in [3.05, 3.63) is 59.4 Å². The summed E-state index contributed by atoms with van der Waals surface area (Å²) in [5.74, 6) is -0.750. The van der Waals surface area contributed by atoms with Crippen LogP contribution in [-0.4, -0.2) is 64.0 Å². The fourth-order valence-corrected chi connectivity index (χ4v) is 7.48. The Hall–Kier alpha value is -3.14. The van der Waals surface area contributed by atoms with Crippen molar-refractivity contribution >= 4 is 11.8 Å². The summed E-state index contributed by atoms with van der Waals surface area (Å²) in [4.78, 5) is 34.5. The maximum absolute atomic E-state index is 14.0. The predicted molar refractivity (Wildman–Crippen MR) is 165 cm³/mol. The van der Waals surface area contributed by atoms with Crippen LogP contribution in [0.15, 0.2) is 42.6 Å². The number of nitrogens with zero attached hydrogens (tertiary/aromatic N) is 3. The van der Waals surface area contributed by atoms with Crippen molar-refractivity contribution in [2.24, 2.45) is 11.3 Å². The summed E-state index contributed by atoms with van der Waals surface area (Å²) < 4.78 is 47.3. The number of hydrogen-bond donors (Lipinski definition) is 1. The van der Waals surface area contributed by atoms with Gasteiger partial charge in [0.25, 0.3) is 5.91 Å². The molecule has 1 aromatic heterocycles. The molecule has 3 aliphatic rings. The Morgan fingerprint density at radius 2 is 1.78 bits per heavy atom. The van der Waals surface area contributed by atoms with Gasteiger partial charge in [0.15, 0.2) is 0 Å². The highest BCUT2D eigenvalue weighted by atomic mass is 19.4. The maximum Gasteiger partial charge on any atom is 0.418 e. The van der Waals surface area contributed by atoms with Crippen molar-refractivity contribution in [2.75, 3.05) is 26.2 Å². The molecule has 3 heterocycles. The van der Waals surface area contributed by atoms with E-state index in [2.05, 4.69) is 11.9 Å². The molecule has 1 aromatic carbocycles. The molecule has 2 atom stereocenters. The van der Waals surface area contributed by atoms with E-state index in [1.54, 1.807) is 4.90 Å². The van der Waals surface area contributed by atoms with Crippen LogP contribution in [0.5, 0.6) is 5.75 Å². The van der Waals surface area contributed by atoms with Gasteiger partial charge in [-0.25, -0.2) is 0 Å². The van der Waals surface area contributed by atoms with Crippen molar-refractivity contribution in [2.45, 2.75) is 102 Å². The summed E-state index contributed by atoms with van der Waals surface area (Å²) >= 11 is 0. The van der Waals surface area contributed by atoms with Crippen LogP contribution in [0.3, 0.4) is 0 Å². The summed E-state index contributed by atoms with van der Waals surface area (Å²) in [5, 5.41) is 11.8. The molecule has 0 spiro atoms. The van der Waals surface area contributed by atoms with E-state index in [1.165, 1.54) is 36.4 Å². The summed E-state index contributed by atoms with van der Waals surface area (Å²) in [6.07, 6.45) is 5.33. The van der Waals surface area contributed by atoms with Gasteiger partial charge in [0.1, 0.15) is 11.4 Å². The fraction of sp³-hybridized carbons (Fsp3) is 0.629. The highest BCUT2D eigenvalue weighted by Crippen LogP contribution is 2.44. The van der Waals surface area contributed by atoms with Crippen LogP contribution in [0, 0.1) is 11.3 Å². The van der Waals surface area contributed by atoms with E-state index in [9.17, 15) is 27.9 Å². The highest BCUT2D eigenvalue weighted by Gasteiger charge is 2.45. The van der Waals surface area contributed by atoms with Gasteiger partial charge in [-0.2, -0.15) is 13.2 Å². The van der Waals surface area contributed by atoms with Gasteiger partial charge in [-0.1, -0.05) is 44.9 Å². The standard InChI is InChI=1S/C35H46F3N3O4/c1-3-10-28-25(11-7-21-41(28)32(43)30-27(35(36,37)38)13-6-20-39-30)31(42)40-22-18-34(44,19-23-40)26-12-4-5-14-29(26)45-24-9-17-33(2)15-8-16-33/h4-6,12-14,20,25,28,44H,3,7-11,15-19,21-24H2,1-2H3. The van der Waals surface area contributed by atoms with Gasteiger partial charge in [-0.15, -0.1) is 0 Å². The molecule has 2 aromatic rings. The number of aromatic nitrogens is 1. The number of halogens is 3. The minimum absolute atomic E-state index is 0.112. The first-order valence-corrected chi connectivity index (χ1v) is 16.5. The lowest BCUT2D eigenvalue weighted by molar-refractivity contribution is -0.144. The minimum Gasteiger partial charge on any atom is -0.493 e. The summed E-state index contributed by atoms with van der Waals surface area (Å²) in [7, 11) is 0. The Kier molecular flexibility index (Phi) is 10.1. The van der Waals surface area contributed by atoms with Crippen molar-refractivity contribution in [3.63, 3.8) is 0 Å². The van der Waals surface area contributed by atoms with Gasteiger partial charge in [-0.05, 0) is 81.4 Å². The Morgan fingerprint density at radius 3 is 2.44 bits per heavy atom. The van der Waals surface area contributed by atoms with Crippen LogP contribution >= 0.6 is 0 Å². The van der Waals surface area contributed by atoms with Gasteiger partial charge in [0, 0.05) is 37.4 Å². The van der Waals surface area contributed by atoms with Gasteiger partial charge in [-0.3, -0.25) is 14.6 Å². The Balaban J connectivity index is 1.25. The third-order valence-corrected chi connectivity index (χ3v) is 10.3. The molecular weight excluding hydrogens is 583 g/mol. The van der Waals surface area contributed by atoms with Gasteiger partial charge < -0.3 is 19.6 Å². The number of ether oxygens (including phenoxy) is 1. The third kappa shape index (κ3) is 7.31. The number of alkyl halides is 3. The zero-order valence-electron chi connectivity index (χ0n) is 26.5. The minimum atomic E-state index is -4.72. The lowest BCUT2D eigenvalue weighted by Crippen LogP contribution is -2.55. The van der Waals surface area contributed by atoms with E-state index in [4.69, 9.17) is 4.74 Å². The zero-order valence-corrected chi connectivity index (χ0v) is 26.5. The second-order valence-electron chi connectivity index (χ2n) is 13.5. The molecule has 0 radical (unpaired) electrons. The molecule has 45 heavy (non-hydrogen) atoms. The second kappa shape index (κ2) is 13.7. The average Bonchev–Trinajstić information content (AvgIpc) is 3.02. The first kappa shape index (κ1) is 33.2. The van der Waals surface area contributed by atoms with Crippen molar-refractivity contribution in [1.82, 2.24) is 14.8 Å². The maximum atomic E-state index is 14.0. The molecule has 5 rings (SSSR count). The van der Waals surface area contributed by atoms with E-state index < -0.39 is 40.9 Å². The first-order chi connectivity index (χ1) is 21.5. The number of benzene rings is 1. The fourth-order valence-electron chi connectivity index (χ4n) is 7.48. The van der Waals surface area contributed by atoms with E-state index >= 15 is 0 Å². The van der Waals surface area contributed by atoms with Crippen molar-refractivity contribution in [1.29, 1.82) is 0 Å². The first-order valence-electron chi connectivity index (χ1n) is 16.5. The number of hydrogen-bond acceptors (Lipinski definition) is 5. The van der Waals surface area contributed by atoms with Crippen molar-refractivity contribution < 1.29 is 32.6 Å². The molecule has 2 saturated heterocycles. The molecule has 1 N–H and O–H groups in total. The number of amides is 2. The molecule has 2 amide bonds. The third-order valence-electron chi connectivity index (χ3n) is 10.3. The van der Waals surface area contributed by atoms with Gasteiger partial charge in [0.2, 0.25) is 5.91 Å². The average molecular weight is 630 g/mol. The Labute approximate surface area is 264 Å². The van der Waals surface area contributed by atoms with Gasteiger partial charge >= 0.3 is 6.18 Å². The van der Waals surface area contributed by atoms with E-state index in [0.29, 0.717) is 69.4 Å². The number of piperidine rings is 2. The number of carbonyl (C=O) groups excluding carboxylic acids is 2. The number of carbonyl (C=O) groups is 2. The summed E-state index contributed by atoms with van der Waals surface area (Å²) in [5.41, 5.74) is -1.66. The molecule has 2 aliphatic heterocycles. The largest absolute Gasteiger partial charge is 0.493 e. The number of pyridine rings is 1. The summed E-state index contributed by atoms with van der Waals surface area (Å²) in [6.45, 7) is 5.81. The Morgan fingerprint density at radius 1 is 1.04 bits per heavy atom. The van der Waals surface area contributed by atoms with E-state index in [0.717, 1.165) is 24.5 Å². The normalized spacial score (nSPS) is 22.9. The smallest absolute Gasteiger partial charge is 0.418 e. The Bertz CT molecular complexity index is 1340. The van der Waals surface area contributed by atoms with Crippen LogP contribution < -0.4 is 4.74 Å². The van der Waals surface area contributed by atoms with Crippen LogP contribution in [0.1, 0.15) is 106 Å². The molecule has 10 heteroatoms. The molecule has 7 nitrogen and oxygen atoms in total. The number of likely N-dealkylation sites (tertiary alicyclic amines) is 2. The second-order valence-corrected chi connectivity index (χ2v) is 13.5. The molecule has 246 valence electrons. The topological polar surface area (TPSA) is 83.0 Å². The number of aliphatic hydroxyl groups is 1. The van der Waals surface area contributed by atoms with Gasteiger partial charge in [0.05, 0.1) is 23.7 Å². The molecule has 1 saturated carbocycles. The number of rotatable bonds is 10. The number of para-hydroxylation sites is 1. The lowest BCUT2D eigenvalue weighted by atomic mass is 9.68. The molecule has 1 aliphatic carbocycles. The molecular formula is C35H46F3N3O4. The van der Waals surface area contributed by atoms with Crippen LogP contribution in [-0.2, 0) is 16.6 Å². The quantitative estimate of drug-likeness (QED) is 0.287. The monoisotopic (exact) mass is 629 g/mol. The lowest BCUT2D eigenvalue weighted by Gasteiger charge is -2.45. The van der Waals surface area contributed by atoms with Crippen LogP contribution in [0.25, 0.3) is 0 Å². The predicted octanol–water partition coefficient (Wildman–Crippen LogP) is 6.98. The van der Waals surface area contributed by atoms with E-state index in [1.807, 2.05) is 31.2 Å². The molecule has 0 bridgehead atoms. The van der Waals surface area contributed by atoms with Crippen molar-refractivity contribution in [3.8, 4) is 5.75 Å². The van der Waals surface area contributed by atoms with Crippen LogP contribution in [0.4, 0.5) is 13.2 Å². The molecule has 2 unspecified atom stereocenters. The van der Waals surface area contributed by atoms with E-state index in [-0.39, 0.29) is 12.5 Å². The highest BCUT2D eigenvalue weighted by molar-refractivity contribution is 5.95. The van der Waals surface area contributed by atoms with Crippen LogP contribution in [0.2, 0.25) is 0 Å².